The summed E-state index contributed by atoms with van der Waals surface area (Å²) in [5.74, 6) is 2.06. The molecule has 1 saturated heterocycles. The van der Waals surface area contributed by atoms with E-state index in [2.05, 4.69) is 42.4 Å². The number of anilines is 4. The predicted molar refractivity (Wildman–Crippen MR) is 112 cm³/mol. The number of nitriles is 1. The van der Waals surface area contributed by atoms with Gasteiger partial charge >= 0.3 is 0 Å². The first-order valence-corrected chi connectivity index (χ1v) is 9.36. The summed E-state index contributed by atoms with van der Waals surface area (Å²) in [5.41, 5.74) is 2.47. The van der Waals surface area contributed by atoms with Gasteiger partial charge in [0.1, 0.15) is 5.75 Å². The lowest BCUT2D eigenvalue weighted by Gasteiger charge is -2.36. The van der Waals surface area contributed by atoms with E-state index in [1.807, 2.05) is 30.3 Å². The van der Waals surface area contributed by atoms with E-state index in [1.54, 1.807) is 25.4 Å². The van der Waals surface area contributed by atoms with Crippen molar-refractivity contribution in [3.05, 3.63) is 60.3 Å². The van der Waals surface area contributed by atoms with Crippen LogP contribution < -0.4 is 19.9 Å². The average Bonchev–Trinajstić information content (AvgIpc) is 2.79. The summed E-state index contributed by atoms with van der Waals surface area (Å²) in [5, 5.41) is 20.5. The summed E-state index contributed by atoms with van der Waals surface area (Å²) in [7, 11) is 1.69. The van der Waals surface area contributed by atoms with Crippen LogP contribution in [0.1, 0.15) is 5.56 Å². The quantitative estimate of drug-likeness (QED) is 0.715. The first-order chi connectivity index (χ1) is 14.3. The number of methoxy groups -OCH3 is 1. The number of ether oxygens (including phenoxy) is 1. The van der Waals surface area contributed by atoms with E-state index in [1.165, 1.54) is 0 Å². The summed E-state index contributed by atoms with van der Waals surface area (Å²) < 4.78 is 5.48. The minimum atomic E-state index is 0.588. The molecular weight excluding hydrogens is 366 g/mol. The van der Waals surface area contributed by atoms with Gasteiger partial charge in [-0.1, -0.05) is 18.2 Å². The molecule has 29 heavy (non-hydrogen) atoms. The maximum atomic E-state index is 9.04. The van der Waals surface area contributed by atoms with Gasteiger partial charge in [-0.05, 0) is 30.3 Å². The van der Waals surface area contributed by atoms with Gasteiger partial charge < -0.3 is 19.9 Å². The summed E-state index contributed by atoms with van der Waals surface area (Å²) >= 11 is 0. The highest BCUT2D eigenvalue weighted by Crippen LogP contribution is 2.28. The van der Waals surface area contributed by atoms with E-state index in [9.17, 15) is 0 Å². The Hall–Kier alpha value is -3.86. The highest BCUT2D eigenvalue weighted by molar-refractivity contribution is 5.60. The Bertz CT molecular complexity index is 1030. The average molecular weight is 387 g/mol. The maximum Gasteiger partial charge on any atom is 0.247 e. The van der Waals surface area contributed by atoms with Crippen LogP contribution in [0.4, 0.5) is 23.1 Å². The van der Waals surface area contributed by atoms with Crippen molar-refractivity contribution in [3.8, 4) is 11.8 Å². The Balaban J connectivity index is 1.44. The van der Waals surface area contributed by atoms with Crippen molar-refractivity contribution < 1.29 is 4.74 Å². The number of hydrogen-bond donors (Lipinski definition) is 1. The third-order valence-electron chi connectivity index (χ3n) is 4.80. The lowest BCUT2D eigenvalue weighted by molar-refractivity contribution is 0.413. The first-order valence-electron chi connectivity index (χ1n) is 9.36. The highest BCUT2D eigenvalue weighted by Gasteiger charge is 2.21. The molecule has 0 spiro atoms. The van der Waals surface area contributed by atoms with Crippen LogP contribution in [0.25, 0.3) is 0 Å². The van der Waals surface area contributed by atoms with Crippen LogP contribution in [0.15, 0.2) is 54.7 Å². The highest BCUT2D eigenvalue weighted by atomic mass is 16.5. The van der Waals surface area contributed by atoms with Gasteiger partial charge in [0.05, 0.1) is 30.6 Å². The molecule has 0 aliphatic carbocycles. The maximum absolute atomic E-state index is 9.04. The molecule has 0 unspecified atom stereocenters. The molecule has 1 aromatic heterocycles. The summed E-state index contributed by atoms with van der Waals surface area (Å²) in [4.78, 5) is 9.02. The van der Waals surface area contributed by atoms with Gasteiger partial charge in [-0.25, -0.2) is 0 Å². The molecule has 3 aromatic rings. The Morgan fingerprint density at radius 3 is 2.62 bits per heavy atom. The van der Waals surface area contributed by atoms with E-state index in [0.717, 1.165) is 43.3 Å². The van der Waals surface area contributed by atoms with Crippen molar-refractivity contribution >= 4 is 23.1 Å². The molecular formula is C21H21N7O. The van der Waals surface area contributed by atoms with Crippen molar-refractivity contribution in [1.82, 2.24) is 15.2 Å². The molecule has 8 heteroatoms. The zero-order chi connectivity index (χ0) is 20.1. The third-order valence-corrected chi connectivity index (χ3v) is 4.80. The minimum absolute atomic E-state index is 0.588. The van der Waals surface area contributed by atoms with Crippen LogP contribution in [0.5, 0.6) is 5.75 Å². The van der Waals surface area contributed by atoms with E-state index < -0.39 is 0 Å². The molecule has 1 N–H and O–H groups in total. The first kappa shape index (κ1) is 18.5. The van der Waals surface area contributed by atoms with Gasteiger partial charge in [0.25, 0.3) is 0 Å². The van der Waals surface area contributed by atoms with Crippen LogP contribution in [-0.2, 0) is 0 Å². The zero-order valence-corrected chi connectivity index (χ0v) is 16.1. The fourth-order valence-electron chi connectivity index (χ4n) is 3.34. The largest absolute Gasteiger partial charge is 0.495 e. The Kier molecular flexibility index (Phi) is 5.38. The molecule has 0 atom stereocenters. The molecule has 1 fully saturated rings. The fourth-order valence-corrected chi connectivity index (χ4v) is 3.34. The van der Waals surface area contributed by atoms with E-state index in [-0.39, 0.29) is 0 Å². The van der Waals surface area contributed by atoms with E-state index >= 15 is 0 Å². The zero-order valence-electron chi connectivity index (χ0n) is 16.1. The SMILES string of the molecule is COc1ccccc1N1CCN(c2nncc(Nc3cccc(C#N)c3)n2)CC1. The van der Waals surface area contributed by atoms with Gasteiger partial charge in [-0.2, -0.15) is 15.3 Å². The monoisotopic (exact) mass is 387 g/mol. The number of hydrogen-bond acceptors (Lipinski definition) is 8. The second-order valence-corrected chi connectivity index (χ2v) is 6.61. The van der Waals surface area contributed by atoms with Gasteiger partial charge in [-0.3, -0.25) is 0 Å². The van der Waals surface area contributed by atoms with Crippen LogP contribution in [0, 0.1) is 11.3 Å². The van der Waals surface area contributed by atoms with Crippen LogP contribution >= 0.6 is 0 Å². The van der Waals surface area contributed by atoms with Crippen molar-refractivity contribution in [2.45, 2.75) is 0 Å². The molecule has 8 nitrogen and oxygen atoms in total. The molecule has 0 saturated carbocycles. The van der Waals surface area contributed by atoms with Gasteiger partial charge in [0.2, 0.25) is 5.95 Å². The second-order valence-electron chi connectivity index (χ2n) is 6.61. The van der Waals surface area contributed by atoms with Gasteiger partial charge in [-0.15, -0.1) is 5.10 Å². The molecule has 0 radical (unpaired) electrons. The summed E-state index contributed by atoms with van der Waals surface area (Å²) in [6.07, 6.45) is 1.58. The van der Waals surface area contributed by atoms with E-state index in [4.69, 9.17) is 10.00 Å². The van der Waals surface area contributed by atoms with E-state index in [0.29, 0.717) is 17.3 Å². The second kappa shape index (κ2) is 8.44. The number of aromatic nitrogens is 3. The molecule has 1 aliphatic heterocycles. The molecule has 2 heterocycles. The number of nitrogens with one attached hydrogen (secondary N) is 1. The number of nitrogens with zero attached hydrogens (tertiary/aromatic N) is 6. The number of benzene rings is 2. The summed E-state index contributed by atoms with van der Waals surface area (Å²) in [6.45, 7) is 3.25. The minimum Gasteiger partial charge on any atom is -0.495 e. The number of rotatable bonds is 5. The van der Waals surface area contributed by atoms with Crippen molar-refractivity contribution in [2.75, 3.05) is 48.4 Å². The number of para-hydroxylation sites is 2. The third kappa shape index (κ3) is 4.19. The van der Waals surface area contributed by atoms with Crippen LogP contribution in [0.3, 0.4) is 0 Å². The Morgan fingerprint density at radius 2 is 1.83 bits per heavy atom. The van der Waals surface area contributed by atoms with Crippen LogP contribution in [-0.4, -0.2) is 48.5 Å². The molecule has 4 rings (SSSR count). The van der Waals surface area contributed by atoms with Gasteiger partial charge in [0, 0.05) is 31.9 Å². The molecule has 1 aliphatic rings. The Labute approximate surface area is 169 Å². The smallest absolute Gasteiger partial charge is 0.247 e. The standard InChI is InChI=1S/C21H21N7O/c1-29-19-8-3-2-7-18(19)27-9-11-28(12-10-27)21-25-20(15-23-26-21)24-17-6-4-5-16(13-17)14-22/h2-8,13,15H,9-12H2,1H3,(H,24,25,26). The van der Waals surface area contributed by atoms with Crippen molar-refractivity contribution in [3.63, 3.8) is 0 Å². The molecule has 0 amide bonds. The molecule has 0 bridgehead atoms. The number of piperazine rings is 1. The lowest BCUT2D eigenvalue weighted by atomic mass is 10.2. The van der Waals surface area contributed by atoms with Crippen molar-refractivity contribution in [2.24, 2.45) is 0 Å². The summed E-state index contributed by atoms with van der Waals surface area (Å²) in [6, 6.07) is 17.4. The topological polar surface area (TPSA) is 90.2 Å². The lowest BCUT2D eigenvalue weighted by Crippen LogP contribution is -2.47. The van der Waals surface area contributed by atoms with Crippen molar-refractivity contribution in [1.29, 1.82) is 5.26 Å². The van der Waals surface area contributed by atoms with Crippen LogP contribution in [0.2, 0.25) is 0 Å². The molecule has 2 aromatic carbocycles. The molecule has 146 valence electrons. The Morgan fingerprint density at radius 1 is 1.03 bits per heavy atom. The fraction of sp³-hybridized carbons (Fsp3) is 0.238. The predicted octanol–water partition coefficient (Wildman–Crippen LogP) is 2.82. The van der Waals surface area contributed by atoms with Gasteiger partial charge in [0.15, 0.2) is 5.82 Å². The normalized spacial score (nSPS) is 13.7.